The SMILES string of the molecule is CNC(CCc1c(Cl)cccc1Cl)COC. The Morgan fingerprint density at radius 2 is 1.94 bits per heavy atom. The second-order valence-electron chi connectivity index (χ2n) is 3.68. The van der Waals surface area contributed by atoms with Crippen molar-refractivity contribution < 1.29 is 4.74 Å². The number of methoxy groups -OCH3 is 1. The van der Waals surface area contributed by atoms with Crippen molar-refractivity contribution in [2.75, 3.05) is 20.8 Å². The predicted octanol–water partition coefficient (Wildman–Crippen LogP) is 3.16. The summed E-state index contributed by atoms with van der Waals surface area (Å²) in [7, 11) is 3.63. The fourth-order valence-electron chi connectivity index (χ4n) is 1.60. The van der Waals surface area contributed by atoms with Gasteiger partial charge in [-0.05, 0) is 37.6 Å². The second kappa shape index (κ2) is 7.13. The summed E-state index contributed by atoms with van der Waals surface area (Å²) < 4.78 is 5.12. The first-order valence-electron chi connectivity index (χ1n) is 5.28. The van der Waals surface area contributed by atoms with E-state index in [9.17, 15) is 0 Å². The molecule has 1 N–H and O–H groups in total. The molecular formula is C12H17Cl2NO. The van der Waals surface area contributed by atoms with Gasteiger partial charge in [-0.2, -0.15) is 0 Å². The first-order valence-corrected chi connectivity index (χ1v) is 6.03. The minimum atomic E-state index is 0.331. The molecule has 0 saturated heterocycles. The Morgan fingerprint density at radius 1 is 1.31 bits per heavy atom. The fourth-order valence-corrected chi connectivity index (χ4v) is 2.19. The lowest BCUT2D eigenvalue weighted by molar-refractivity contribution is 0.166. The lowest BCUT2D eigenvalue weighted by atomic mass is 10.1. The van der Waals surface area contributed by atoms with Gasteiger partial charge in [0.2, 0.25) is 0 Å². The van der Waals surface area contributed by atoms with Crippen LogP contribution in [0.1, 0.15) is 12.0 Å². The van der Waals surface area contributed by atoms with E-state index in [1.807, 2.05) is 25.2 Å². The van der Waals surface area contributed by atoms with Gasteiger partial charge in [-0.1, -0.05) is 29.3 Å². The van der Waals surface area contributed by atoms with Crippen LogP contribution in [0.25, 0.3) is 0 Å². The number of hydrogen-bond acceptors (Lipinski definition) is 2. The molecule has 0 aromatic heterocycles. The van der Waals surface area contributed by atoms with Crippen molar-refractivity contribution in [2.45, 2.75) is 18.9 Å². The van der Waals surface area contributed by atoms with Crippen molar-refractivity contribution >= 4 is 23.2 Å². The summed E-state index contributed by atoms with van der Waals surface area (Å²) in [6.07, 6.45) is 1.81. The molecule has 0 saturated carbocycles. The van der Waals surface area contributed by atoms with Gasteiger partial charge in [0.1, 0.15) is 0 Å². The third-order valence-corrected chi connectivity index (χ3v) is 3.29. The van der Waals surface area contributed by atoms with E-state index in [2.05, 4.69) is 5.32 Å². The molecule has 0 amide bonds. The van der Waals surface area contributed by atoms with E-state index in [0.29, 0.717) is 12.6 Å². The van der Waals surface area contributed by atoms with Crippen LogP contribution < -0.4 is 5.32 Å². The third kappa shape index (κ3) is 3.95. The number of likely N-dealkylation sites (N-methyl/N-ethyl adjacent to an activating group) is 1. The first kappa shape index (κ1) is 13.8. The molecule has 0 aliphatic carbocycles. The lowest BCUT2D eigenvalue weighted by Gasteiger charge is -2.15. The average molecular weight is 262 g/mol. The maximum Gasteiger partial charge on any atom is 0.0615 e. The topological polar surface area (TPSA) is 21.3 Å². The average Bonchev–Trinajstić information content (AvgIpc) is 2.27. The van der Waals surface area contributed by atoms with Crippen LogP contribution in [0.2, 0.25) is 10.0 Å². The van der Waals surface area contributed by atoms with Crippen LogP contribution in [0, 0.1) is 0 Å². The maximum atomic E-state index is 6.10. The van der Waals surface area contributed by atoms with E-state index in [1.54, 1.807) is 7.11 Å². The van der Waals surface area contributed by atoms with E-state index in [4.69, 9.17) is 27.9 Å². The number of halogens is 2. The molecule has 1 aromatic rings. The molecule has 4 heteroatoms. The van der Waals surface area contributed by atoms with Crippen molar-refractivity contribution in [3.8, 4) is 0 Å². The maximum absolute atomic E-state index is 6.10. The summed E-state index contributed by atoms with van der Waals surface area (Å²) >= 11 is 12.2. The molecule has 0 aliphatic rings. The summed E-state index contributed by atoms with van der Waals surface area (Å²) in [6.45, 7) is 0.693. The van der Waals surface area contributed by atoms with Gasteiger partial charge in [-0.25, -0.2) is 0 Å². The number of rotatable bonds is 6. The molecule has 0 heterocycles. The predicted molar refractivity (Wildman–Crippen MR) is 69.5 cm³/mol. The van der Waals surface area contributed by atoms with Crippen LogP contribution in [0.3, 0.4) is 0 Å². The molecule has 0 bridgehead atoms. The van der Waals surface area contributed by atoms with Crippen LogP contribution in [0.5, 0.6) is 0 Å². The molecule has 90 valence electrons. The Balaban J connectivity index is 2.59. The van der Waals surface area contributed by atoms with E-state index in [0.717, 1.165) is 28.5 Å². The van der Waals surface area contributed by atoms with Gasteiger partial charge in [-0.3, -0.25) is 0 Å². The smallest absolute Gasteiger partial charge is 0.0615 e. The number of ether oxygens (including phenoxy) is 1. The standard InChI is InChI=1S/C12H17Cl2NO/c1-15-9(8-16-2)6-7-10-11(13)4-3-5-12(10)14/h3-5,9,15H,6-8H2,1-2H3. The lowest BCUT2D eigenvalue weighted by Crippen LogP contribution is -2.30. The highest BCUT2D eigenvalue weighted by atomic mass is 35.5. The minimum absolute atomic E-state index is 0.331. The van der Waals surface area contributed by atoms with Gasteiger partial charge >= 0.3 is 0 Å². The Labute approximate surface area is 107 Å². The van der Waals surface area contributed by atoms with Crippen molar-refractivity contribution in [1.29, 1.82) is 0 Å². The molecule has 0 fully saturated rings. The zero-order valence-electron chi connectivity index (χ0n) is 9.59. The van der Waals surface area contributed by atoms with Gasteiger partial charge in [0, 0.05) is 23.2 Å². The van der Waals surface area contributed by atoms with Crippen molar-refractivity contribution in [2.24, 2.45) is 0 Å². The van der Waals surface area contributed by atoms with Gasteiger partial charge in [0.25, 0.3) is 0 Å². The Bertz CT molecular complexity index is 311. The van der Waals surface area contributed by atoms with Crippen molar-refractivity contribution in [3.05, 3.63) is 33.8 Å². The van der Waals surface area contributed by atoms with Crippen molar-refractivity contribution in [1.82, 2.24) is 5.32 Å². The van der Waals surface area contributed by atoms with Gasteiger partial charge in [0.15, 0.2) is 0 Å². The van der Waals surface area contributed by atoms with Crippen LogP contribution in [-0.2, 0) is 11.2 Å². The quantitative estimate of drug-likeness (QED) is 0.850. The van der Waals surface area contributed by atoms with E-state index in [-0.39, 0.29) is 0 Å². The first-order chi connectivity index (χ1) is 7.69. The monoisotopic (exact) mass is 261 g/mol. The molecule has 2 nitrogen and oxygen atoms in total. The third-order valence-electron chi connectivity index (χ3n) is 2.58. The largest absolute Gasteiger partial charge is 0.383 e. The number of nitrogens with one attached hydrogen (secondary N) is 1. The normalized spacial score (nSPS) is 12.8. The van der Waals surface area contributed by atoms with E-state index in [1.165, 1.54) is 0 Å². The molecule has 0 radical (unpaired) electrons. The highest BCUT2D eigenvalue weighted by Crippen LogP contribution is 2.25. The van der Waals surface area contributed by atoms with E-state index < -0.39 is 0 Å². The van der Waals surface area contributed by atoms with Crippen LogP contribution in [0.4, 0.5) is 0 Å². The second-order valence-corrected chi connectivity index (χ2v) is 4.49. The summed E-state index contributed by atoms with van der Waals surface area (Å²) in [5, 5.41) is 4.67. The van der Waals surface area contributed by atoms with Crippen LogP contribution in [0.15, 0.2) is 18.2 Å². The molecule has 0 aliphatic heterocycles. The van der Waals surface area contributed by atoms with Crippen LogP contribution >= 0.6 is 23.2 Å². The number of benzene rings is 1. The molecular weight excluding hydrogens is 245 g/mol. The number of hydrogen-bond donors (Lipinski definition) is 1. The molecule has 16 heavy (non-hydrogen) atoms. The zero-order chi connectivity index (χ0) is 12.0. The van der Waals surface area contributed by atoms with Crippen LogP contribution in [-0.4, -0.2) is 26.8 Å². The zero-order valence-corrected chi connectivity index (χ0v) is 11.1. The molecule has 1 aromatic carbocycles. The molecule has 1 atom stereocenters. The Morgan fingerprint density at radius 3 is 2.44 bits per heavy atom. The highest BCUT2D eigenvalue weighted by molar-refractivity contribution is 6.35. The van der Waals surface area contributed by atoms with Gasteiger partial charge < -0.3 is 10.1 Å². The summed E-state index contributed by atoms with van der Waals surface area (Å²) in [4.78, 5) is 0. The fraction of sp³-hybridized carbons (Fsp3) is 0.500. The molecule has 1 unspecified atom stereocenters. The van der Waals surface area contributed by atoms with Crippen molar-refractivity contribution in [3.63, 3.8) is 0 Å². The minimum Gasteiger partial charge on any atom is -0.383 e. The van der Waals surface area contributed by atoms with Gasteiger partial charge in [-0.15, -0.1) is 0 Å². The van der Waals surface area contributed by atoms with E-state index >= 15 is 0 Å². The summed E-state index contributed by atoms with van der Waals surface area (Å²) in [6, 6.07) is 5.93. The summed E-state index contributed by atoms with van der Waals surface area (Å²) in [5.74, 6) is 0. The summed E-state index contributed by atoms with van der Waals surface area (Å²) in [5.41, 5.74) is 1.02. The highest BCUT2D eigenvalue weighted by Gasteiger charge is 2.09. The molecule has 1 rings (SSSR count). The molecule has 0 spiro atoms. The Kier molecular flexibility index (Phi) is 6.14. The van der Waals surface area contributed by atoms with Gasteiger partial charge in [0.05, 0.1) is 6.61 Å². The Hall–Kier alpha value is -0.280.